The molecule has 1 heterocycles. The van der Waals surface area contributed by atoms with Gasteiger partial charge in [-0.1, -0.05) is 65.8 Å². The highest BCUT2D eigenvalue weighted by Crippen LogP contribution is 2.33. The van der Waals surface area contributed by atoms with Crippen LogP contribution in [0.2, 0.25) is 0 Å². The first-order valence-corrected chi connectivity index (χ1v) is 11.9. The van der Waals surface area contributed by atoms with E-state index in [0.29, 0.717) is 34.6 Å². The van der Waals surface area contributed by atoms with Gasteiger partial charge in [0.25, 0.3) is 0 Å². The summed E-state index contributed by atoms with van der Waals surface area (Å²) in [5.41, 5.74) is 4.07. The molecular weight excluding hydrogens is 499 g/mol. The van der Waals surface area contributed by atoms with Gasteiger partial charge in [0.05, 0.1) is 30.0 Å². The van der Waals surface area contributed by atoms with Crippen LogP contribution < -0.4 is 0 Å². The molecule has 6 nitrogen and oxygen atoms in total. The third kappa shape index (κ3) is 6.67. The van der Waals surface area contributed by atoms with Gasteiger partial charge >= 0.3 is 12.1 Å². The maximum Gasteiger partial charge on any atom is 0.416 e. The second-order valence-electron chi connectivity index (χ2n) is 8.91. The Hall–Kier alpha value is -3.95. The van der Waals surface area contributed by atoms with Crippen LogP contribution in [0.4, 0.5) is 13.2 Å². The van der Waals surface area contributed by atoms with Crippen LogP contribution in [0.3, 0.4) is 0 Å². The minimum atomic E-state index is -4.44. The Morgan fingerprint density at radius 1 is 0.974 bits per heavy atom. The third-order valence-electron chi connectivity index (χ3n) is 6.10. The fourth-order valence-corrected chi connectivity index (χ4v) is 4.12. The lowest BCUT2D eigenvalue weighted by Gasteiger charge is -2.13. The SMILES string of the molecule is Cc1noc(-c2ccc(-c3ccc(CCC(=O)O)cc3)cc2)c1C(O)COCc1cccc(C(F)(F)F)c1. The van der Waals surface area contributed by atoms with Crippen LogP contribution in [0.5, 0.6) is 0 Å². The number of aryl methyl sites for hydroxylation is 2. The summed E-state index contributed by atoms with van der Waals surface area (Å²) in [5.74, 6) is -0.452. The fourth-order valence-electron chi connectivity index (χ4n) is 4.12. The molecule has 0 fully saturated rings. The maximum absolute atomic E-state index is 12.9. The summed E-state index contributed by atoms with van der Waals surface area (Å²) in [7, 11) is 0. The quantitative estimate of drug-likeness (QED) is 0.242. The van der Waals surface area contributed by atoms with Crippen molar-refractivity contribution in [2.75, 3.05) is 6.61 Å². The molecule has 1 atom stereocenters. The van der Waals surface area contributed by atoms with Crippen molar-refractivity contribution in [3.63, 3.8) is 0 Å². The molecule has 9 heteroatoms. The number of hydrogen-bond acceptors (Lipinski definition) is 5. The second kappa shape index (κ2) is 11.6. The summed E-state index contributed by atoms with van der Waals surface area (Å²) in [6, 6.07) is 20.0. The molecule has 2 N–H and O–H groups in total. The summed E-state index contributed by atoms with van der Waals surface area (Å²) in [6.45, 7) is 1.45. The normalized spacial score (nSPS) is 12.4. The molecule has 1 unspecified atom stereocenters. The van der Waals surface area contributed by atoms with E-state index in [2.05, 4.69) is 5.16 Å². The summed E-state index contributed by atoms with van der Waals surface area (Å²) in [4.78, 5) is 10.8. The minimum Gasteiger partial charge on any atom is -0.481 e. The zero-order chi connectivity index (χ0) is 27.3. The lowest BCUT2D eigenvalue weighted by molar-refractivity contribution is -0.138. The Kier molecular flexibility index (Phi) is 8.29. The van der Waals surface area contributed by atoms with Gasteiger partial charge in [-0.3, -0.25) is 4.79 Å². The molecule has 4 rings (SSSR count). The number of carboxylic acid groups (broad SMARTS) is 1. The molecule has 4 aromatic rings. The summed E-state index contributed by atoms with van der Waals surface area (Å²) < 4.78 is 49.8. The largest absolute Gasteiger partial charge is 0.481 e. The van der Waals surface area contributed by atoms with Crippen LogP contribution in [0.15, 0.2) is 77.3 Å². The van der Waals surface area contributed by atoms with Crippen LogP contribution in [0.1, 0.15) is 40.5 Å². The van der Waals surface area contributed by atoms with Gasteiger partial charge < -0.3 is 19.5 Å². The van der Waals surface area contributed by atoms with Gasteiger partial charge in [-0.15, -0.1) is 0 Å². The molecule has 0 radical (unpaired) electrons. The van der Waals surface area contributed by atoms with Crippen LogP contribution in [0, 0.1) is 6.92 Å². The van der Waals surface area contributed by atoms with E-state index in [1.165, 1.54) is 12.1 Å². The van der Waals surface area contributed by atoms with Crippen LogP contribution >= 0.6 is 0 Å². The van der Waals surface area contributed by atoms with Crippen molar-refractivity contribution < 1.29 is 37.4 Å². The molecule has 0 aliphatic heterocycles. The highest BCUT2D eigenvalue weighted by atomic mass is 19.4. The van der Waals surface area contributed by atoms with Crippen molar-refractivity contribution in [2.24, 2.45) is 0 Å². The van der Waals surface area contributed by atoms with E-state index in [1.54, 1.807) is 6.92 Å². The van der Waals surface area contributed by atoms with Gasteiger partial charge in [0, 0.05) is 12.0 Å². The molecule has 0 aliphatic rings. The third-order valence-corrected chi connectivity index (χ3v) is 6.10. The van der Waals surface area contributed by atoms with Gasteiger partial charge in [0.15, 0.2) is 5.76 Å². The lowest BCUT2D eigenvalue weighted by Crippen LogP contribution is -2.10. The Labute approximate surface area is 217 Å². The first-order valence-electron chi connectivity index (χ1n) is 11.9. The molecule has 38 heavy (non-hydrogen) atoms. The number of benzene rings is 3. The molecule has 0 aliphatic carbocycles. The Morgan fingerprint density at radius 3 is 2.24 bits per heavy atom. The zero-order valence-electron chi connectivity index (χ0n) is 20.5. The van der Waals surface area contributed by atoms with Crippen molar-refractivity contribution in [1.82, 2.24) is 5.16 Å². The number of aliphatic carboxylic acids is 1. The summed E-state index contributed by atoms with van der Waals surface area (Å²) in [6.07, 6.45) is -4.99. The minimum absolute atomic E-state index is 0.0785. The number of alkyl halides is 3. The molecule has 0 bridgehead atoms. The number of nitrogens with zero attached hydrogens (tertiary/aromatic N) is 1. The topological polar surface area (TPSA) is 92.8 Å². The van der Waals surface area contributed by atoms with Crippen LogP contribution in [0.25, 0.3) is 22.5 Å². The number of aliphatic hydroxyl groups is 1. The fraction of sp³-hybridized carbons (Fsp3) is 0.241. The molecule has 0 saturated carbocycles. The van der Waals surface area contributed by atoms with Gasteiger partial charge in [0.1, 0.15) is 6.10 Å². The molecular formula is C29H26F3NO5. The van der Waals surface area contributed by atoms with E-state index in [4.69, 9.17) is 14.4 Å². The Morgan fingerprint density at radius 2 is 1.61 bits per heavy atom. The smallest absolute Gasteiger partial charge is 0.416 e. The molecule has 1 aromatic heterocycles. The Balaban J connectivity index is 1.42. The van der Waals surface area contributed by atoms with Crippen molar-refractivity contribution in [1.29, 1.82) is 0 Å². The van der Waals surface area contributed by atoms with Crippen LogP contribution in [-0.2, 0) is 28.7 Å². The monoisotopic (exact) mass is 525 g/mol. The molecule has 0 saturated heterocycles. The molecule has 3 aromatic carbocycles. The highest BCUT2D eigenvalue weighted by molar-refractivity contribution is 5.70. The first-order chi connectivity index (χ1) is 18.1. The number of ether oxygens (including phenoxy) is 1. The van der Waals surface area contributed by atoms with E-state index in [-0.39, 0.29) is 19.6 Å². The number of halogens is 3. The molecule has 0 spiro atoms. The molecule has 198 valence electrons. The average molecular weight is 526 g/mol. The van der Waals surface area contributed by atoms with Crippen LogP contribution in [-0.4, -0.2) is 27.9 Å². The number of carbonyl (C=O) groups is 1. The van der Waals surface area contributed by atoms with E-state index in [9.17, 15) is 23.1 Å². The average Bonchev–Trinajstić information content (AvgIpc) is 3.29. The number of hydrogen-bond donors (Lipinski definition) is 2. The van der Waals surface area contributed by atoms with Gasteiger partial charge in [0.2, 0.25) is 0 Å². The predicted molar refractivity (Wildman–Crippen MR) is 134 cm³/mol. The zero-order valence-corrected chi connectivity index (χ0v) is 20.5. The van der Waals surface area contributed by atoms with Crippen molar-refractivity contribution >= 4 is 5.97 Å². The van der Waals surface area contributed by atoms with Crippen molar-refractivity contribution in [3.05, 3.63) is 101 Å². The van der Waals surface area contributed by atoms with Crippen molar-refractivity contribution in [2.45, 2.75) is 38.7 Å². The number of carboxylic acids is 1. The Bertz CT molecular complexity index is 1380. The van der Waals surface area contributed by atoms with Gasteiger partial charge in [-0.25, -0.2) is 0 Å². The number of aliphatic hydroxyl groups excluding tert-OH is 1. The standard InChI is InChI=1S/C29H26F3NO5/c1-18-27(25(34)17-37-16-20-3-2-4-24(15-20)29(30,31)32)28(38-33-18)23-12-10-22(11-13-23)21-8-5-19(6-9-21)7-14-26(35)36/h2-6,8-13,15,25,34H,7,14,16-17H2,1H3,(H,35,36). The van der Waals surface area contributed by atoms with E-state index < -0.39 is 23.8 Å². The van der Waals surface area contributed by atoms with E-state index in [1.807, 2.05) is 48.5 Å². The predicted octanol–water partition coefficient (Wildman–Crippen LogP) is 6.60. The van der Waals surface area contributed by atoms with E-state index in [0.717, 1.165) is 28.8 Å². The number of rotatable bonds is 10. The summed E-state index contributed by atoms with van der Waals surface area (Å²) >= 11 is 0. The summed E-state index contributed by atoms with van der Waals surface area (Å²) in [5, 5.41) is 23.6. The second-order valence-corrected chi connectivity index (χ2v) is 8.91. The number of aromatic nitrogens is 1. The van der Waals surface area contributed by atoms with Crippen molar-refractivity contribution in [3.8, 4) is 22.5 Å². The first kappa shape index (κ1) is 27.1. The molecule has 0 amide bonds. The maximum atomic E-state index is 12.9. The van der Waals surface area contributed by atoms with Gasteiger partial charge in [-0.2, -0.15) is 13.2 Å². The highest BCUT2D eigenvalue weighted by Gasteiger charge is 2.30. The van der Waals surface area contributed by atoms with Gasteiger partial charge in [-0.05, 0) is 47.7 Å². The lowest BCUT2D eigenvalue weighted by atomic mass is 9.98. The van der Waals surface area contributed by atoms with E-state index >= 15 is 0 Å².